The van der Waals surface area contributed by atoms with Gasteiger partial charge < -0.3 is 10.4 Å². The monoisotopic (exact) mass is 292 g/mol. The summed E-state index contributed by atoms with van der Waals surface area (Å²) in [6.07, 6.45) is 0. The number of aliphatic carboxylic acids is 1. The summed E-state index contributed by atoms with van der Waals surface area (Å²) >= 11 is 0. The van der Waals surface area contributed by atoms with E-state index in [9.17, 15) is 9.90 Å². The van der Waals surface area contributed by atoms with Crippen molar-refractivity contribution in [3.63, 3.8) is 0 Å². The predicted molar refractivity (Wildman–Crippen MR) is 86.4 cm³/mol. The van der Waals surface area contributed by atoms with Crippen LogP contribution in [0.15, 0.2) is 30.3 Å². The Kier molecular flexibility index (Phi) is 5.54. The van der Waals surface area contributed by atoms with Crippen molar-refractivity contribution >= 4 is 5.97 Å². The third-order valence-electron chi connectivity index (χ3n) is 2.94. The molecular formula is C17H28N2O2. The van der Waals surface area contributed by atoms with E-state index in [1.807, 2.05) is 71.9 Å². The molecule has 4 nitrogen and oxygen atoms in total. The first-order chi connectivity index (χ1) is 9.49. The number of carboxylic acid groups (broad SMARTS) is 1. The minimum absolute atomic E-state index is 0.187. The lowest BCUT2D eigenvalue weighted by molar-refractivity contribution is -0.141. The molecule has 1 aromatic rings. The Labute approximate surface area is 128 Å². The zero-order valence-electron chi connectivity index (χ0n) is 13.9. The van der Waals surface area contributed by atoms with Crippen molar-refractivity contribution in [2.24, 2.45) is 0 Å². The Hall–Kier alpha value is -1.39. The van der Waals surface area contributed by atoms with E-state index in [-0.39, 0.29) is 17.1 Å². The fourth-order valence-corrected chi connectivity index (χ4v) is 2.24. The highest BCUT2D eigenvalue weighted by atomic mass is 16.4. The highest BCUT2D eigenvalue weighted by molar-refractivity contribution is 5.75. The molecule has 0 fully saturated rings. The summed E-state index contributed by atoms with van der Waals surface area (Å²) in [5.74, 6) is -0.851. The van der Waals surface area contributed by atoms with Crippen LogP contribution in [-0.4, -0.2) is 28.2 Å². The van der Waals surface area contributed by atoms with E-state index in [0.717, 1.165) is 5.56 Å². The minimum Gasteiger partial charge on any atom is -0.480 e. The molecule has 4 heteroatoms. The Morgan fingerprint density at radius 2 is 1.43 bits per heavy atom. The summed E-state index contributed by atoms with van der Waals surface area (Å²) in [7, 11) is 0. The molecule has 0 spiro atoms. The van der Waals surface area contributed by atoms with E-state index in [1.165, 1.54) is 0 Å². The van der Waals surface area contributed by atoms with Gasteiger partial charge in [0, 0.05) is 11.1 Å². The number of hydrogen-bond acceptors (Lipinski definition) is 3. The van der Waals surface area contributed by atoms with Crippen molar-refractivity contribution < 1.29 is 9.90 Å². The Bertz CT molecular complexity index is 458. The summed E-state index contributed by atoms with van der Waals surface area (Å²) in [5.41, 5.74) is 0.500. The van der Waals surface area contributed by atoms with Crippen LogP contribution in [0, 0.1) is 0 Å². The smallest absolute Gasteiger partial charge is 0.322 e. The van der Waals surface area contributed by atoms with Crippen LogP contribution in [0.25, 0.3) is 0 Å². The Morgan fingerprint density at radius 3 is 1.81 bits per heavy atom. The van der Waals surface area contributed by atoms with Crippen LogP contribution in [-0.2, 0) is 4.79 Å². The molecular weight excluding hydrogens is 264 g/mol. The molecule has 2 atom stereocenters. The van der Waals surface area contributed by atoms with Gasteiger partial charge in [0.25, 0.3) is 0 Å². The average molecular weight is 292 g/mol. The normalized spacial score (nSPS) is 15.5. The summed E-state index contributed by atoms with van der Waals surface area (Å²) in [5, 5.41) is 16.3. The van der Waals surface area contributed by atoms with Crippen molar-refractivity contribution in [1.82, 2.24) is 10.6 Å². The molecule has 0 aliphatic rings. The topological polar surface area (TPSA) is 61.4 Å². The third kappa shape index (κ3) is 6.27. The van der Waals surface area contributed by atoms with Crippen LogP contribution in [0.2, 0.25) is 0 Å². The Morgan fingerprint density at radius 1 is 0.952 bits per heavy atom. The second kappa shape index (κ2) is 6.58. The van der Waals surface area contributed by atoms with Gasteiger partial charge in [0.1, 0.15) is 6.04 Å². The lowest BCUT2D eigenvalue weighted by Gasteiger charge is -2.36. The van der Waals surface area contributed by atoms with E-state index < -0.39 is 12.0 Å². The van der Waals surface area contributed by atoms with Gasteiger partial charge in [-0.05, 0) is 47.1 Å². The third-order valence-corrected chi connectivity index (χ3v) is 2.94. The minimum atomic E-state index is -0.851. The molecule has 0 amide bonds. The van der Waals surface area contributed by atoms with Crippen LogP contribution in [0.4, 0.5) is 0 Å². The van der Waals surface area contributed by atoms with Crippen LogP contribution in [0.3, 0.4) is 0 Å². The first kappa shape index (κ1) is 17.7. The van der Waals surface area contributed by atoms with Gasteiger partial charge in [-0.3, -0.25) is 10.1 Å². The van der Waals surface area contributed by atoms with Gasteiger partial charge in [-0.1, -0.05) is 30.3 Å². The van der Waals surface area contributed by atoms with Gasteiger partial charge in [-0.25, -0.2) is 0 Å². The van der Waals surface area contributed by atoms with E-state index in [1.54, 1.807) is 0 Å². The van der Waals surface area contributed by atoms with E-state index in [2.05, 4.69) is 10.6 Å². The first-order valence-corrected chi connectivity index (χ1v) is 7.33. The second-order valence-corrected chi connectivity index (χ2v) is 7.49. The van der Waals surface area contributed by atoms with E-state index >= 15 is 0 Å². The molecule has 2 unspecified atom stereocenters. The number of benzene rings is 1. The first-order valence-electron chi connectivity index (χ1n) is 7.33. The molecule has 0 aromatic heterocycles. The van der Waals surface area contributed by atoms with Crippen LogP contribution in [0.5, 0.6) is 0 Å². The summed E-state index contributed by atoms with van der Waals surface area (Å²) < 4.78 is 0. The maximum Gasteiger partial charge on any atom is 0.322 e. The molecule has 1 rings (SSSR count). The van der Waals surface area contributed by atoms with Crippen LogP contribution in [0.1, 0.15) is 53.1 Å². The molecule has 21 heavy (non-hydrogen) atoms. The van der Waals surface area contributed by atoms with Crippen molar-refractivity contribution in [3.05, 3.63) is 35.9 Å². The van der Waals surface area contributed by atoms with Gasteiger partial charge in [0.15, 0.2) is 0 Å². The zero-order valence-corrected chi connectivity index (χ0v) is 13.9. The molecule has 0 radical (unpaired) electrons. The quantitative estimate of drug-likeness (QED) is 0.781. The van der Waals surface area contributed by atoms with Crippen molar-refractivity contribution in [3.8, 4) is 0 Å². The largest absolute Gasteiger partial charge is 0.480 e. The van der Waals surface area contributed by atoms with Crippen molar-refractivity contribution in [1.29, 1.82) is 0 Å². The van der Waals surface area contributed by atoms with E-state index in [0.29, 0.717) is 0 Å². The van der Waals surface area contributed by atoms with Gasteiger partial charge in [0.2, 0.25) is 0 Å². The average Bonchev–Trinajstić information content (AvgIpc) is 2.32. The number of carboxylic acids is 1. The number of rotatable bonds is 5. The molecule has 0 saturated heterocycles. The Balaban J connectivity index is 3.16. The molecule has 0 bridgehead atoms. The number of hydrogen-bond donors (Lipinski definition) is 3. The highest BCUT2D eigenvalue weighted by Crippen LogP contribution is 2.22. The van der Waals surface area contributed by atoms with Crippen LogP contribution < -0.4 is 10.6 Å². The van der Waals surface area contributed by atoms with Gasteiger partial charge in [0.05, 0.1) is 6.04 Å². The molecule has 118 valence electrons. The lowest BCUT2D eigenvalue weighted by Crippen LogP contribution is -2.56. The van der Waals surface area contributed by atoms with Crippen molar-refractivity contribution in [2.45, 2.75) is 64.7 Å². The molecule has 0 heterocycles. The zero-order chi connectivity index (χ0) is 16.3. The maximum absolute atomic E-state index is 11.8. The van der Waals surface area contributed by atoms with Crippen molar-refractivity contribution in [2.75, 3.05) is 0 Å². The maximum atomic E-state index is 11.8. The van der Waals surface area contributed by atoms with E-state index in [4.69, 9.17) is 0 Å². The standard InChI is InChI=1S/C17H28N2O2/c1-16(2,3)18-13(12-10-8-7-9-11-12)14(15(20)21)19-17(4,5)6/h7-11,13-14,18-19H,1-6H3,(H,20,21). The molecule has 0 saturated carbocycles. The number of nitrogens with one attached hydrogen (secondary N) is 2. The summed E-state index contributed by atoms with van der Waals surface area (Å²) in [6.45, 7) is 12.0. The van der Waals surface area contributed by atoms with Gasteiger partial charge in [-0.15, -0.1) is 0 Å². The second-order valence-electron chi connectivity index (χ2n) is 7.49. The molecule has 0 aliphatic carbocycles. The van der Waals surface area contributed by atoms with Crippen LogP contribution >= 0.6 is 0 Å². The number of carbonyl (C=O) groups is 1. The molecule has 3 N–H and O–H groups in total. The molecule has 0 aliphatic heterocycles. The highest BCUT2D eigenvalue weighted by Gasteiger charge is 2.34. The fraction of sp³-hybridized carbons (Fsp3) is 0.588. The fourth-order valence-electron chi connectivity index (χ4n) is 2.24. The predicted octanol–water partition coefficient (Wildman–Crippen LogP) is 2.96. The summed E-state index contributed by atoms with van der Waals surface area (Å²) in [6, 6.07) is 8.72. The van der Waals surface area contributed by atoms with Gasteiger partial charge in [-0.2, -0.15) is 0 Å². The van der Waals surface area contributed by atoms with Gasteiger partial charge >= 0.3 is 5.97 Å². The summed E-state index contributed by atoms with van der Waals surface area (Å²) in [4.78, 5) is 11.8. The molecule has 1 aromatic carbocycles. The lowest BCUT2D eigenvalue weighted by atomic mass is 9.93. The SMILES string of the molecule is CC(C)(C)NC(C(=O)O)C(NC(C)(C)C)c1ccccc1.